The standard InChI is InChI=1S/C83H51BF2N2/c85-84(86)87-80(69-40-34-56-20-8-14-28-63(56)46-69)75-48-71(65-36-30-52-16-4-10-24-59(52)42-65)73(67-38-32-54-18-6-12-26-61(54)44-67)50-77(75)82(87)79(58-22-2-1-3-23-58)83-78-51-74(68-39-33-55-19-7-13-27-62(55)45-68)72(66-37-31-53-17-5-11-25-60(53)43-66)49-76(78)81(88(83)84)70-41-35-57-21-9-15-29-64(57)47-70/h1-51H. The zero-order valence-electron chi connectivity index (χ0n) is 47.7. The molecule has 410 valence electrons. The lowest BCUT2D eigenvalue weighted by molar-refractivity contribution is -0.317. The van der Waals surface area contributed by atoms with Gasteiger partial charge in [-0.3, -0.25) is 0 Å². The Kier molecular flexibility index (Phi) is 11.0. The van der Waals surface area contributed by atoms with Gasteiger partial charge in [0.1, 0.15) is 0 Å². The maximum absolute atomic E-state index is 20.6. The minimum absolute atomic E-state index is 0.461. The Hall–Kier alpha value is -11.3. The van der Waals surface area contributed by atoms with Gasteiger partial charge in [-0.05, 0) is 187 Å². The van der Waals surface area contributed by atoms with E-state index in [1.54, 1.807) is 0 Å². The summed E-state index contributed by atoms with van der Waals surface area (Å²) in [5, 5.41) is 14.4. The molecule has 2 nitrogen and oxygen atoms in total. The molecule has 3 heterocycles. The summed E-state index contributed by atoms with van der Waals surface area (Å²) in [7, 11) is 0. The molecule has 1 aromatic heterocycles. The lowest BCUT2D eigenvalue weighted by Gasteiger charge is -2.34. The monoisotopic (exact) mass is 1120 g/mol. The highest BCUT2D eigenvalue weighted by Crippen LogP contribution is 2.55. The van der Waals surface area contributed by atoms with Crippen LogP contribution in [0.4, 0.5) is 8.63 Å². The van der Waals surface area contributed by atoms with Crippen molar-refractivity contribution in [2.75, 3.05) is 0 Å². The van der Waals surface area contributed by atoms with Gasteiger partial charge in [0.05, 0.1) is 16.7 Å². The summed E-state index contributed by atoms with van der Waals surface area (Å²) < 4.78 is 44.2. The molecule has 0 saturated heterocycles. The number of hydrogen-bond acceptors (Lipinski definition) is 0. The molecule has 0 fully saturated rings. The van der Waals surface area contributed by atoms with Crippen LogP contribution in [0.25, 0.3) is 142 Å². The predicted molar refractivity (Wildman–Crippen MR) is 366 cm³/mol. The van der Waals surface area contributed by atoms with Gasteiger partial charge in [0.15, 0.2) is 11.4 Å². The minimum atomic E-state index is -4.79. The van der Waals surface area contributed by atoms with Crippen LogP contribution in [0.3, 0.4) is 0 Å². The van der Waals surface area contributed by atoms with Crippen molar-refractivity contribution >= 4 is 99.4 Å². The highest BCUT2D eigenvalue weighted by atomic mass is 19.2. The van der Waals surface area contributed by atoms with Gasteiger partial charge in [0.25, 0.3) is 0 Å². The van der Waals surface area contributed by atoms with Gasteiger partial charge < -0.3 is 17.6 Å². The van der Waals surface area contributed by atoms with E-state index in [0.29, 0.717) is 33.9 Å². The van der Waals surface area contributed by atoms with Gasteiger partial charge in [-0.25, -0.2) is 0 Å². The number of rotatable bonds is 7. The molecule has 15 aromatic carbocycles. The number of fused-ring (bicyclic) bond motifs is 12. The molecule has 18 rings (SSSR count). The third-order valence-corrected chi connectivity index (χ3v) is 18.7. The topological polar surface area (TPSA) is 7.94 Å². The van der Waals surface area contributed by atoms with Crippen LogP contribution in [0.5, 0.6) is 0 Å². The number of aromatic nitrogens is 1. The fourth-order valence-corrected chi connectivity index (χ4v) is 14.6. The maximum atomic E-state index is 20.6. The van der Waals surface area contributed by atoms with E-state index in [1.165, 1.54) is 8.96 Å². The summed E-state index contributed by atoms with van der Waals surface area (Å²) in [6, 6.07) is 108. The Morgan fingerprint density at radius 1 is 0.239 bits per heavy atom. The predicted octanol–water partition coefficient (Wildman–Crippen LogP) is 21.9. The van der Waals surface area contributed by atoms with E-state index in [4.69, 9.17) is 0 Å². The van der Waals surface area contributed by atoms with Crippen molar-refractivity contribution in [1.29, 1.82) is 0 Å². The van der Waals surface area contributed by atoms with Gasteiger partial charge in [0.2, 0.25) is 0 Å². The fraction of sp³-hybridized carbons (Fsp3) is 0. The second kappa shape index (κ2) is 19.4. The number of benzene rings is 15. The highest BCUT2D eigenvalue weighted by molar-refractivity contribution is 6.61. The molecule has 0 aliphatic carbocycles. The fourth-order valence-electron chi connectivity index (χ4n) is 14.6. The average molecular weight is 1130 g/mol. The van der Waals surface area contributed by atoms with Gasteiger partial charge >= 0.3 is 6.97 Å². The number of hydrogen-bond donors (Lipinski definition) is 0. The molecule has 5 heteroatoms. The van der Waals surface area contributed by atoms with Gasteiger partial charge in [-0.15, -0.1) is 0 Å². The third kappa shape index (κ3) is 7.77. The van der Waals surface area contributed by atoms with Gasteiger partial charge in [-0.1, -0.05) is 243 Å². The second-order valence-corrected chi connectivity index (χ2v) is 23.7. The first-order chi connectivity index (χ1) is 43.4. The largest absolute Gasteiger partial charge is 0.738 e. The van der Waals surface area contributed by atoms with E-state index >= 15 is 8.63 Å². The number of halogens is 2. The molecule has 16 aromatic rings. The molecule has 0 saturated carbocycles. The molecule has 0 radical (unpaired) electrons. The lowest BCUT2D eigenvalue weighted by atomic mass is 9.82. The average Bonchev–Trinajstić information content (AvgIpc) is 1.51. The molecule has 0 unspecified atom stereocenters. The summed E-state index contributed by atoms with van der Waals surface area (Å²) in [6.45, 7) is -4.79. The van der Waals surface area contributed by atoms with E-state index in [9.17, 15) is 0 Å². The minimum Gasteiger partial charge on any atom is -0.389 e. The van der Waals surface area contributed by atoms with Gasteiger partial charge in [-0.2, -0.15) is 0 Å². The number of nitrogens with zero attached hydrogens (tertiary/aromatic N) is 2. The molecule has 2 aliphatic rings. The van der Waals surface area contributed by atoms with E-state index in [0.717, 1.165) is 142 Å². The first-order valence-corrected chi connectivity index (χ1v) is 30.2. The quantitative estimate of drug-likeness (QED) is 0.141. The van der Waals surface area contributed by atoms with Crippen molar-refractivity contribution in [2.24, 2.45) is 0 Å². The first-order valence-electron chi connectivity index (χ1n) is 30.2. The van der Waals surface area contributed by atoms with Crippen LogP contribution in [0.15, 0.2) is 309 Å². The smallest absolute Gasteiger partial charge is 0.389 e. The molecular weight excluding hydrogens is 1070 g/mol. The summed E-state index contributed by atoms with van der Waals surface area (Å²) in [5.41, 5.74) is 14.2. The van der Waals surface area contributed by atoms with Crippen LogP contribution < -0.4 is 0 Å². The van der Waals surface area contributed by atoms with Crippen LogP contribution in [-0.4, -0.2) is 21.6 Å². The molecule has 0 spiro atoms. The summed E-state index contributed by atoms with van der Waals surface area (Å²) in [6.07, 6.45) is 0. The van der Waals surface area contributed by atoms with Crippen molar-refractivity contribution in [3.8, 4) is 55.8 Å². The van der Waals surface area contributed by atoms with Crippen LogP contribution in [0, 0.1) is 0 Å². The third-order valence-electron chi connectivity index (χ3n) is 18.7. The summed E-state index contributed by atoms with van der Waals surface area (Å²) in [5.74, 6) is 0. The lowest BCUT2D eigenvalue weighted by Crippen LogP contribution is -2.51. The molecule has 2 aliphatic heterocycles. The Balaban J connectivity index is 1.03. The SMILES string of the molecule is F[B-]1(F)n2c(c3cc(-c4ccc5ccccc5c4)c(-c4ccc5ccccc5c4)cc3c2-c2ccc3ccccc3c2)C(c2ccccc2)=C2c3cc(-c4ccc5ccccc5c4)c(-c4ccc5ccccc5c4)cc3C(c3ccc4ccccc4c3)=[N+]21. The molecule has 0 bridgehead atoms. The van der Waals surface area contributed by atoms with Crippen molar-refractivity contribution < 1.29 is 13.1 Å². The van der Waals surface area contributed by atoms with E-state index in [-0.39, 0.29) is 0 Å². The zero-order valence-corrected chi connectivity index (χ0v) is 47.7. The normalized spacial score (nSPS) is 13.6. The van der Waals surface area contributed by atoms with Crippen molar-refractivity contribution in [3.63, 3.8) is 0 Å². The van der Waals surface area contributed by atoms with Crippen LogP contribution in [0.1, 0.15) is 27.9 Å². The maximum Gasteiger partial charge on any atom is 0.738 e. The Labute approximate surface area is 507 Å². The molecule has 88 heavy (non-hydrogen) atoms. The Bertz CT molecular complexity index is 5730. The molecule has 0 atom stereocenters. The Morgan fingerprint density at radius 3 is 0.955 bits per heavy atom. The van der Waals surface area contributed by atoms with Crippen LogP contribution >= 0.6 is 0 Å². The molecule has 0 N–H and O–H groups in total. The Morgan fingerprint density at radius 2 is 0.545 bits per heavy atom. The summed E-state index contributed by atoms with van der Waals surface area (Å²) in [4.78, 5) is 0. The highest BCUT2D eigenvalue weighted by Gasteiger charge is 2.58. The second-order valence-electron chi connectivity index (χ2n) is 23.7. The van der Waals surface area contributed by atoms with E-state index < -0.39 is 6.97 Å². The summed E-state index contributed by atoms with van der Waals surface area (Å²) >= 11 is 0. The zero-order chi connectivity index (χ0) is 58.2. The first kappa shape index (κ1) is 50.1. The van der Waals surface area contributed by atoms with E-state index in [1.807, 2.05) is 54.6 Å². The van der Waals surface area contributed by atoms with Crippen molar-refractivity contribution in [2.45, 2.75) is 0 Å². The van der Waals surface area contributed by atoms with Crippen molar-refractivity contribution in [3.05, 3.63) is 337 Å². The van der Waals surface area contributed by atoms with Crippen molar-refractivity contribution in [1.82, 2.24) is 4.48 Å². The van der Waals surface area contributed by atoms with Crippen LogP contribution in [0.2, 0.25) is 0 Å². The molecule has 0 amide bonds. The van der Waals surface area contributed by atoms with Crippen LogP contribution in [-0.2, 0) is 0 Å². The molecular formula is C83H51BF2N2. The van der Waals surface area contributed by atoms with E-state index in [2.05, 4.69) is 255 Å². The van der Waals surface area contributed by atoms with Gasteiger partial charge in [0, 0.05) is 27.7 Å².